The smallest absolute Gasteiger partial charge is 0.283 e. The minimum atomic E-state index is -5.04. The summed E-state index contributed by atoms with van der Waals surface area (Å²) in [5.41, 5.74) is -0.276. The van der Waals surface area contributed by atoms with E-state index in [-0.39, 0.29) is 31.8 Å². The highest BCUT2D eigenvalue weighted by Gasteiger charge is 2.50. The van der Waals surface area contributed by atoms with Crippen LogP contribution < -0.4 is 0 Å². The van der Waals surface area contributed by atoms with Crippen LogP contribution in [0.1, 0.15) is 16.7 Å². The van der Waals surface area contributed by atoms with Crippen molar-refractivity contribution < 1.29 is 23.2 Å². The van der Waals surface area contributed by atoms with Crippen molar-refractivity contribution in [2.75, 3.05) is 0 Å². The monoisotopic (exact) mass is 492 g/mol. The highest BCUT2D eigenvalue weighted by molar-refractivity contribution is 7.87. The van der Waals surface area contributed by atoms with E-state index >= 15 is 0 Å². The van der Waals surface area contributed by atoms with E-state index in [4.69, 9.17) is 46.4 Å². The standard InChI is InChI=1S/C19H12Cl4O5S/c20-12-5-1-3-10(7-12)19(29(26,27)28,11-4-2-6-13(21)8-11)14-9-15(24)18(25)17(23)16(14)22/h1-9,24-25H,(H,26,27,28). The van der Waals surface area contributed by atoms with Crippen molar-refractivity contribution in [2.45, 2.75) is 4.75 Å². The third-order valence-electron chi connectivity index (χ3n) is 4.39. The van der Waals surface area contributed by atoms with Crippen molar-refractivity contribution in [3.63, 3.8) is 0 Å². The summed E-state index contributed by atoms with van der Waals surface area (Å²) in [7, 11) is -5.04. The molecule has 0 aromatic heterocycles. The Morgan fingerprint density at radius 1 is 0.759 bits per heavy atom. The van der Waals surface area contributed by atoms with Crippen molar-refractivity contribution >= 4 is 56.5 Å². The van der Waals surface area contributed by atoms with Gasteiger partial charge in [0.1, 0.15) is 5.02 Å². The van der Waals surface area contributed by atoms with E-state index in [2.05, 4.69) is 0 Å². The molecule has 0 bridgehead atoms. The van der Waals surface area contributed by atoms with Gasteiger partial charge in [-0.1, -0.05) is 70.7 Å². The molecule has 3 aromatic carbocycles. The second kappa shape index (κ2) is 7.87. The van der Waals surface area contributed by atoms with Gasteiger partial charge in [-0.25, -0.2) is 0 Å². The lowest BCUT2D eigenvalue weighted by Crippen LogP contribution is -2.38. The minimum Gasteiger partial charge on any atom is -0.504 e. The van der Waals surface area contributed by atoms with Gasteiger partial charge >= 0.3 is 0 Å². The lowest BCUT2D eigenvalue weighted by molar-refractivity contribution is 0.402. The molecule has 0 heterocycles. The predicted octanol–water partition coefficient (Wildman–Crippen LogP) is 5.89. The average molecular weight is 494 g/mol. The normalized spacial score (nSPS) is 12.2. The third kappa shape index (κ3) is 3.65. The molecule has 0 aliphatic carbocycles. The van der Waals surface area contributed by atoms with E-state index in [1.807, 2.05) is 0 Å². The van der Waals surface area contributed by atoms with Crippen LogP contribution in [0.5, 0.6) is 11.5 Å². The maximum absolute atomic E-state index is 13.0. The molecule has 152 valence electrons. The SMILES string of the molecule is O=S(=O)(O)C(c1cccc(Cl)c1)(c1cccc(Cl)c1)c1cc(O)c(O)c(Cl)c1Cl. The molecule has 0 atom stereocenters. The number of rotatable bonds is 4. The Morgan fingerprint density at radius 2 is 1.24 bits per heavy atom. The molecule has 3 rings (SSSR count). The van der Waals surface area contributed by atoms with Gasteiger partial charge in [0.2, 0.25) is 0 Å². The fourth-order valence-electron chi connectivity index (χ4n) is 3.19. The van der Waals surface area contributed by atoms with Gasteiger partial charge in [-0.05, 0) is 41.5 Å². The van der Waals surface area contributed by atoms with Crippen LogP contribution >= 0.6 is 46.4 Å². The first kappa shape index (κ1) is 22.0. The van der Waals surface area contributed by atoms with Gasteiger partial charge in [-0.15, -0.1) is 0 Å². The van der Waals surface area contributed by atoms with E-state index in [0.717, 1.165) is 6.07 Å². The van der Waals surface area contributed by atoms with Crippen LogP contribution in [-0.4, -0.2) is 23.2 Å². The number of benzene rings is 3. The van der Waals surface area contributed by atoms with Crippen molar-refractivity contribution in [3.8, 4) is 11.5 Å². The molecule has 3 N–H and O–H groups in total. The third-order valence-corrected chi connectivity index (χ3v) is 7.18. The predicted molar refractivity (Wildman–Crippen MR) is 114 cm³/mol. The van der Waals surface area contributed by atoms with Gasteiger partial charge in [0.25, 0.3) is 10.1 Å². The number of phenolic OH excluding ortho intramolecular Hbond substituents is 2. The number of aromatic hydroxyl groups is 2. The highest BCUT2D eigenvalue weighted by Crippen LogP contribution is 2.52. The van der Waals surface area contributed by atoms with Gasteiger partial charge in [0.15, 0.2) is 16.2 Å². The molecule has 5 nitrogen and oxygen atoms in total. The Labute approximate surface area is 186 Å². The number of phenols is 2. The summed E-state index contributed by atoms with van der Waals surface area (Å²) in [6.45, 7) is 0. The fraction of sp³-hybridized carbons (Fsp3) is 0.0526. The van der Waals surface area contributed by atoms with Gasteiger partial charge in [-0.2, -0.15) is 8.42 Å². The van der Waals surface area contributed by atoms with Crippen LogP contribution in [0.15, 0.2) is 54.6 Å². The molecular formula is C19H12Cl4O5S. The molecule has 0 unspecified atom stereocenters. The van der Waals surface area contributed by atoms with Gasteiger partial charge in [0, 0.05) is 15.6 Å². The summed E-state index contributed by atoms with van der Waals surface area (Å²) < 4.78 is 34.0. The molecule has 10 heteroatoms. The van der Waals surface area contributed by atoms with Crippen molar-refractivity contribution in [1.29, 1.82) is 0 Å². The summed E-state index contributed by atoms with van der Waals surface area (Å²) in [6, 6.07) is 12.4. The van der Waals surface area contributed by atoms with Crippen LogP contribution in [0, 0.1) is 0 Å². The Bertz CT molecular complexity index is 1170. The molecule has 0 amide bonds. The maximum Gasteiger partial charge on any atom is 0.283 e. The van der Waals surface area contributed by atoms with E-state index in [1.54, 1.807) is 0 Å². The Morgan fingerprint density at radius 3 is 1.66 bits per heavy atom. The van der Waals surface area contributed by atoms with Gasteiger partial charge in [-0.3, -0.25) is 4.55 Å². The highest BCUT2D eigenvalue weighted by atomic mass is 35.5. The first-order valence-corrected chi connectivity index (χ1v) is 10.8. The first-order valence-electron chi connectivity index (χ1n) is 7.89. The van der Waals surface area contributed by atoms with E-state index in [0.29, 0.717) is 0 Å². The molecule has 3 aromatic rings. The van der Waals surface area contributed by atoms with Gasteiger partial charge < -0.3 is 10.2 Å². The van der Waals surface area contributed by atoms with Crippen LogP contribution in [0.25, 0.3) is 0 Å². The Balaban J connectivity index is 2.62. The second-order valence-electron chi connectivity index (χ2n) is 6.10. The topological polar surface area (TPSA) is 94.8 Å². The molecule has 0 aliphatic heterocycles. The molecule has 0 fully saturated rings. The average Bonchev–Trinajstić information content (AvgIpc) is 2.64. The zero-order valence-corrected chi connectivity index (χ0v) is 18.1. The number of hydrogen-bond acceptors (Lipinski definition) is 4. The quantitative estimate of drug-likeness (QED) is 0.239. The largest absolute Gasteiger partial charge is 0.504 e. The van der Waals surface area contributed by atoms with Crippen molar-refractivity contribution in [2.24, 2.45) is 0 Å². The number of halogens is 4. The van der Waals surface area contributed by atoms with E-state index in [9.17, 15) is 23.2 Å². The second-order valence-corrected chi connectivity index (χ2v) is 9.29. The van der Waals surface area contributed by atoms with Gasteiger partial charge in [0.05, 0.1) is 5.02 Å². The minimum absolute atomic E-state index is 0.0119. The molecule has 0 radical (unpaired) electrons. The molecule has 29 heavy (non-hydrogen) atoms. The summed E-state index contributed by atoms with van der Waals surface area (Å²) >= 11 is 24.5. The van der Waals surface area contributed by atoms with Crippen LogP contribution in [-0.2, 0) is 14.9 Å². The zero-order chi connectivity index (χ0) is 21.6. The summed E-state index contributed by atoms with van der Waals surface area (Å²) in [5.74, 6) is -1.46. The van der Waals surface area contributed by atoms with Crippen LogP contribution in [0.2, 0.25) is 20.1 Å². The van der Waals surface area contributed by atoms with Crippen molar-refractivity contribution in [1.82, 2.24) is 0 Å². The van der Waals surface area contributed by atoms with Crippen molar-refractivity contribution in [3.05, 3.63) is 91.4 Å². The van der Waals surface area contributed by atoms with Crippen LogP contribution in [0.3, 0.4) is 0 Å². The Hall–Kier alpha value is -1.67. The van der Waals surface area contributed by atoms with E-state index in [1.165, 1.54) is 48.5 Å². The molecular weight excluding hydrogens is 482 g/mol. The molecule has 0 spiro atoms. The van der Waals surface area contributed by atoms with Crippen LogP contribution in [0.4, 0.5) is 0 Å². The maximum atomic E-state index is 13.0. The molecule has 0 aliphatic rings. The first-order chi connectivity index (χ1) is 13.5. The summed E-state index contributed by atoms with van der Waals surface area (Å²) in [4.78, 5) is 0. The lowest BCUT2D eigenvalue weighted by atomic mass is 9.83. The molecule has 0 saturated carbocycles. The molecule has 0 saturated heterocycles. The fourth-order valence-corrected chi connectivity index (χ4v) is 5.40. The summed E-state index contributed by atoms with van der Waals surface area (Å²) in [5, 5.41) is 19.5. The Kier molecular flexibility index (Phi) is 5.98. The van der Waals surface area contributed by atoms with E-state index < -0.39 is 31.4 Å². The lowest BCUT2D eigenvalue weighted by Gasteiger charge is -2.33. The summed E-state index contributed by atoms with van der Waals surface area (Å²) in [6.07, 6.45) is 0. The zero-order valence-electron chi connectivity index (χ0n) is 14.3. The number of hydrogen-bond donors (Lipinski definition) is 3.